The van der Waals surface area contributed by atoms with Crippen molar-refractivity contribution >= 4 is 5.92 Å². The van der Waals surface area contributed by atoms with Crippen molar-refractivity contribution < 1.29 is 21.2 Å². The minimum absolute atomic E-state index is 0.539. The molecule has 2 atom stereocenters. The third-order valence-electron chi connectivity index (χ3n) is 6.40. The first-order chi connectivity index (χ1) is 14.3. The van der Waals surface area contributed by atoms with E-state index in [4.69, 9.17) is 0 Å². The van der Waals surface area contributed by atoms with Gasteiger partial charge in [0.25, 0.3) is 0 Å². The monoisotopic (exact) mass is 496 g/mol. The maximum atomic E-state index is 4.08. The molecule has 0 amide bonds. The molecule has 2 unspecified atom stereocenters. The first-order valence-electron chi connectivity index (χ1n) is 11.4. The second-order valence-corrected chi connectivity index (χ2v) is 27.1. The van der Waals surface area contributed by atoms with E-state index in [1.54, 1.807) is 16.7 Å². The zero-order chi connectivity index (χ0) is 22.3. The first kappa shape index (κ1) is 25.2. The van der Waals surface area contributed by atoms with E-state index in [1.165, 1.54) is 17.5 Å². The molecule has 0 spiro atoms. The first-order valence-corrected chi connectivity index (χ1v) is 21.0. The normalized spacial score (nSPS) is 17.2. The third-order valence-corrected chi connectivity index (χ3v) is 24.3. The third kappa shape index (κ3) is 6.49. The van der Waals surface area contributed by atoms with E-state index >= 15 is 0 Å². The van der Waals surface area contributed by atoms with Gasteiger partial charge in [-0.05, 0) is 11.1 Å². The topological polar surface area (TPSA) is 12.0 Å². The average Bonchev–Trinajstić information content (AvgIpc) is 2.96. The van der Waals surface area contributed by atoms with Crippen LogP contribution < -0.4 is 3.26 Å². The second kappa shape index (κ2) is 12.1. The van der Waals surface area contributed by atoms with Crippen molar-refractivity contribution in [1.82, 2.24) is 3.26 Å². The van der Waals surface area contributed by atoms with Crippen LogP contribution in [0.1, 0.15) is 48.0 Å². The molecule has 3 rings (SSSR count). The molecule has 1 nitrogen and oxygen atoms in total. The van der Waals surface area contributed by atoms with Gasteiger partial charge in [0.05, 0.1) is 0 Å². The van der Waals surface area contributed by atoms with Crippen LogP contribution in [0.2, 0.25) is 13.1 Å². The van der Waals surface area contributed by atoms with Gasteiger partial charge in [0.1, 0.15) is 0 Å². The Bertz CT molecular complexity index is 817. The van der Waals surface area contributed by atoms with Crippen molar-refractivity contribution in [2.24, 2.45) is 5.92 Å². The van der Waals surface area contributed by atoms with Crippen molar-refractivity contribution in [2.75, 3.05) is 0 Å². The Balaban J connectivity index is 0.000000230. The molecular weight excluding hydrogens is 458 g/mol. The SMILES string of the molecule is CCC(C)[NH][Zr]([C]1=C(C)C(C)=C(C)C1C)[SiH](C)C.c1ccc(-c2ccccc2)cc1. The quantitative estimate of drug-likeness (QED) is 0.407. The van der Waals surface area contributed by atoms with Gasteiger partial charge < -0.3 is 0 Å². The summed E-state index contributed by atoms with van der Waals surface area (Å²) in [5.74, 6) is 0.188. The Kier molecular flexibility index (Phi) is 10.2. The van der Waals surface area contributed by atoms with Crippen molar-refractivity contribution in [2.45, 2.75) is 67.1 Å². The summed E-state index contributed by atoms with van der Waals surface area (Å²) in [6.45, 7) is 19.2. The van der Waals surface area contributed by atoms with Crippen LogP contribution in [0.15, 0.2) is 80.7 Å². The predicted molar refractivity (Wildman–Crippen MR) is 134 cm³/mol. The van der Waals surface area contributed by atoms with Gasteiger partial charge in [-0.15, -0.1) is 0 Å². The molecule has 0 aliphatic heterocycles. The van der Waals surface area contributed by atoms with Crippen molar-refractivity contribution in [3.05, 3.63) is 80.7 Å². The van der Waals surface area contributed by atoms with E-state index < -0.39 is 27.1 Å². The van der Waals surface area contributed by atoms with Gasteiger partial charge >= 0.3 is 123 Å². The van der Waals surface area contributed by atoms with E-state index in [2.05, 4.69) is 106 Å². The summed E-state index contributed by atoms with van der Waals surface area (Å²) in [7, 11) is 0. The van der Waals surface area contributed by atoms with Crippen LogP contribution in [0.5, 0.6) is 0 Å². The van der Waals surface area contributed by atoms with Crippen molar-refractivity contribution in [3.63, 3.8) is 0 Å². The summed E-state index contributed by atoms with van der Waals surface area (Å²) >= 11 is -1.55. The van der Waals surface area contributed by atoms with Gasteiger partial charge in [-0.2, -0.15) is 0 Å². The molecule has 0 saturated heterocycles. The number of hydrogen-bond donors (Lipinski definition) is 1. The van der Waals surface area contributed by atoms with Crippen LogP contribution in [-0.4, -0.2) is 12.0 Å². The Labute approximate surface area is 194 Å². The van der Waals surface area contributed by atoms with Crippen molar-refractivity contribution in [1.29, 1.82) is 0 Å². The molecule has 1 N–H and O–H groups in total. The van der Waals surface area contributed by atoms with Gasteiger partial charge in [0, 0.05) is 0 Å². The summed E-state index contributed by atoms with van der Waals surface area (Å²) in [6.07, 6.45) is 1.26. The van der Waals surface area contributed by atoms with E-state index in [0.717, 1.165) is 5.92 Å². The molecule has 0 fully saturated rings. The largest absolute Gasteiger partial charge is 0.0622 e. The van der Waals surface area contributed by atoms with E-state index in [1.807, 2.05) is 15.4 Å². The van der Waals surface area contributed by atoms with Crippen molar-refractivity contribution in [3.8, 4) is 11.1 Å². The molecule has 0 radical (unpaired) electrons. The fourth-order valence-electron chi connectivity index (χ4n) is 3.98. The number of rotatable bonds is 6. The zero-order valence-electron chi connectivity index (χ0n) is 20.2. The van der Waals surface area contributed by atoms with E-state index in [0.29, 0.717) is 6.04 Å². The van der Waals surface area contributed by atoms with Crippen LogP contribution in [0.4, 0.5) is 0 Å². The fraction of sp³-hybridized carbons (Fsp3) is 0.407. The molecule has 30 heavy (non-hydrogen) atoms. The van der Waals surface area contributed by atoms with Crippen LogP contribution in [-0.2, 0) is 21.2 Å². The molecule has 0 bridgehead atoms. The summed E-state index contributed by atoms with van der Waals surface area (Å²) < 4.78 is 5.97. The maximum absolute atomic E-state index is 4.08. The number of nitrogens with one attached hydrogen (secondary N) is 1. The molecular formula is C27H40NSiZr. The van der Waals surface area contributed by atoms with Gasteiger partial charge in [-0.25, -0.2) is 0 Å². The summed E-state index contributed by atoms with van der Waals surface area (Å²) in [4.78, 5) is 0. The molecule has 2 aromatic carbocycles. The molecule has 1 aliphatic carbocycles. The zero-order valence-corrected chi connectivity index (χ0v) is 23.8. The Hall–Kier alpha value is -1.02. The molecule has 161 valence electrons. The number of hydrogen-bond acceptors (Lipinski definition) is 1. The van der Waals surface area contributed by atoms with Crippen LogP contribution in [0.3, 0.4) is 0 Å². The Morgan fingerprint density at radius 3 is 1.67 bits per heavy atom. The fourth-order valence-corrected chi connectivity index (χ4v) is 21.7. The van der Waals surface area contributed by atoms with Gasteiger partial charge in [0.2, 0.25) is 0 Å². The molecule has 0 saturated carbocycles. The summed E-state index contributed by atoms with van der Waals surface area (Å²) in [5.41, 5.74) is 7.40. The van der Waals surface area contributed by atoms with Crippen LogP contribution in [0.25, 0.3) is 11.1 Å². The van der Waals surface area contributed by atoms with Crippen LogP contribution >= 0.6 is 0 Å². The average molecular weight is 498 g/mol. The predicted octanol–water partition coefficient (Wildman–Crippen LogP) is 7.50. The molecule has 2 aromatic rings. The van der Waals surface area contributed by atoms with Gasteiger partial charge in [-0.3, -0.25) is 0 Å². The number of allylic oxidation sites excluding steroid dienone is 4. The van der Waals surface area contributed by atoms with Crippen LogP contribution in [0, 0.1) is 5.92 Å². The molecule has 1 aliphatic rings. The molecule has 3 heteroatoms. The standard InChI is InChI=1S/C12H10.C9H13.C4H10N.C2H7Si.Zr/c1-3-7-11(8-4-1)12-9-5-2-6-10-12;1-6-5-7(2)9(4)8(6)3;1-3-4(2)5;1-3-2;/h1-10H;6H,1-4H3;4-5H,3H2,1-2H3;3H,1-2H3;/q;;-1;;+1. The molecule has 0 aromatic heterocycles. The summed E-state index contributed by atoms with van der Waals surface area (Å²) in [5, 5.41) is 0. The number of benzene rings is 2. The Morgan fingerprint density at radius 1 is 0.867 bits per heavy atom. The molecule has 0 heterocycles. The minimum atomic E-state index is -1.55. The van der Waals surface area contributed by atoms with E-state index in [-0.39, 0.29) is 0 Å². The Morgan fingerprint density at radius 2 is 1.33 bits per heavy atom. The second-order valence-electron chi connectivity index (χ2n) is 8.82. The van der Waals surface area contributed by atoms with Gasteiger partial charge in [-0.1, -0.05) is 60.7 Å². The summed E-state index contributed by atoms with van der Waals surface area (Å²) in [6, 6.07) is 21.5. The smallest absolute Gasteiger partial charge is 0.0184 e. The minimum Gasteiger partial charge on any atom is -0.0622 e. The maximum Gasteiger partial charge on any atom is -0.0184 e. The van der Waals surface area contributed by atoms with Gasteiger partial charge in [0.15, 0.2) is 0 Å². The van der Waals surface area contributed by atoms with E-state index in [9.17, 15) is 0 Å².